The van der Waals surface area contributed by atoms with Crippen LogP contribution in [-0.2, 0) is 22.4 Å². The lowest BCUT2D eigenvalue weighted by Crippen LogP contribution is -2.69. The number of nitrogens with zero attached hydrogens (tertiary/aromatic N) is 3. The Morgan fingerprint density at radius 3 is 2.66 bits per heavy atom. The van der Waals surface area contributed by atoms with Gasteiger partial charge in [-0.25, -0.2) is 13.8 Å². The summed E-state index contributed by atoms with van der Waals surface area (Å²) >= 11 is 0. The lowest BCUT2D eigenvalue weighted by molar-refractivity contribution is -0.138. The fraction of sp³-hybridized carbons (Fsp3) is 0.440. The van der Waals surface area contributed by atoms with Crippen molar-refractivity contribution in [3.8, 4) is 0 Å². The molecule has 38 heavy (non-hydrogen) atoms. The molecule has 200 valence electrons. The van der Waals surface area contributed by atoms with E-state index in [2.05, 4.69) is 4.99 Å². The molecule has 0 aromatic heterocycles. The highest BCUT2D eigenvalue weighted by atomic mass is 33.1. The van der Waals surface area contributed by atoms with E-state index >= 15 is 0 Å². The molecule has 0 spiro atoms. The highest BCUT2D eigenvalue weighted by Gasteiger charge is 2.71. The SMILES string of the molecule is NC1=Nc2ccc(C(=O)N3CCC[C@@]45OCc6cc(C(F)(F)F)ccc6[C@@]34SS5)cc2[C@@H]2N1CCC2(F)F. The number of carbonyl (C=O) groups is 1. The van der Waals surface area contributed by atoms with Gasteiger partial charge in [0, 0.05) is 30.6 Å². The van der Waals surface area contributed by atoms with Crippen LogP contribution in [0.1, 0.15) is 57.9 Å². The maximum absolute atomic E-state index is 14.9. The van der Waals surface area contributed by atoms with Crippen LogP contribution in [0.2, 0.25) is 0 Å². The van der Waals surface area contributed by atoms with Gasteiger partial charge in [-0.05, 0) is 54.3 Å². The Labute approximate surface area is 222 Å². The lowest BCUT2D eigenvalue weighted by Gasteiger charge is -2.65. The molecule has 2 N–H and O–H groups in total. The van der Waals surface area contributed by atoms with Gasteiger partial charge in [-0.2, -0.15) is 13.2 Å². The lowest BCUT2D eigenvalue weighted by atomic mass is 9.84. The van der Waals surface area contributed by atoms with E-state index in [4.69, 9.17) is 10.5 Å². The van der Waals surface area contributed by atoms with Crippen molar-refractivity contribution in [2.75, 3.05) is 13.1 Å². The van der Waals surface area contributed by atoms with Crippen molar-refractivity contribution >= 4 is 39.1 Å². The molecule has 0 saturated carbocycles. The number of hydrogen-bond acceptors (Lipinski definition) is 7. The van der Waals surface area contributed by atoms with E-state index < -0.39 is 39.4 Å². The number of carbonyl (C=O) groups excluding carboxylic acids is 1. The maximum Gasteiger partial charge on any atom is 0.416 e. The number of hydrogen-bond donors (Lipinski definition) is 1. The number of aliphatic imine (C=N–C) groups is 1. The minimum absolute atomic E-state index is 0.0153. The number of nitrogens with two attached hydrogens (primary N) is 1. The molecule has 5 aliphatic heterocycles. The number of benzene rings is 2. The molecular formula is C25H21F5N4O2S2. The first-order valence-electron chi connectivity index (χ1n) is 12.1. The number of likely N-dealkylation sites (tertiary alicyclic amines) is 1. The van der Waals surface area contributed by atoms with E-state index in [9.17, 15) is 26.7 Å². The van der Waals surface area contributed by atoms with Crippen LogP contribution < -0.4 is 5.73 Å². The first-order chi connectivity index (χ1) is 18.0. The number of halogens is 5. The third-order valence-electron chi connectivity index (χ3n) is 8.08. The highest BCUT2D eigenvalue weighted by Crippen LogP contribution is 2.76. The Morgan fingerprint density at radius 2 is 1.92 bits per heavy atom. The molecule has 5 aliphatic rings. The maximum atomic E-state index is 14.9. The van der Waals surface area contributed by atoms with E-state index in [0.29, 0.717) is 36.2 Å². The standard InChI is InChI=1S/C25H21F5N4O2S2/c26-22(27)7-9-33-19(22)16-11-13(2-5-18(16)32-21(33)31)20(35)34-8-1-6-23-24(34,38-37-23)17-4-3-15(25(28,29)30)10-14(17)12-36-23/h2-5,10-11,19H,1,6-9,12H2,(H2,31,32)/t19-,23-,24-/m0/s1. The summed E-state index contributed by atoms with van der Waals surface area (Å²) < 4.78 is 76.3. The Balaban J connectivity index is 1.31. The van der Waals surface area contributed by atoms with Crippen LogP contribution >= 0.6 is 21.6 Å². The zero-order chi connectivity index (χ0) is 26.7. The van der Waals surface area contributed by atoms with Crippen LogP contribution in [0.4, 0.5) is 27.6 Å². The number of alkyl halides is 5. The van der Waals surface area contributed by atoms with E-state index in [1.807, 2.05) is 0 Å². The fourth-order valence-electron chi connectivity index (χ4n) is 6.31. The van der Waals surface area contributed by atoms with Gasteiger partial charge in [0.2, 0.25) is 0 Å². The van der Waals surface area contributed by atoms with Crippen molar-refractivity contribution in [1.82, 2.24) is 9.80 Å². The van der Waals surface area contributed by atoms with Gasteiger partial charge < -0.3 is 20.3 Å². The van der Waals surface area contributed by atoms with Crippen molar-refractivity contribution in [3.63, 3.8) is 0 Å². The number of piperidine rings is 1. The zero-order valence-electron chi connectivity index (χ0n) is 19.7. The Bertz CT molecular complexity index is 1420. The number of fused-ring (bicyclic) bond motifs is 4. The summed E-state index contributed by atoms with van der Waals surface area (Å²) in [5.41, 5.74) is 6.93. The normalized spacial score (nSPS) is 30.8. The van der Waals surface area contributed by atoms with Crippen LogP contribution in [0.3, 0.4) is 0 Å². The third-order valence-corrected chi connectivity index (χ3v) is 12.0. The number of rotatable bonds is 1. The molecule has 0 radical (unpaired) electrons. The minimum Gasteiger partial charge on any atom is -0.369 e. The summed E-state index contributed by atoms with van der Waals surface area (Å²) in [6, 6.07) is 6.81. The van der Waals surface area contributed by atoms with Crippen molar-refractivity contribution < 1.29 is 31.5 Å². The number of guanidine groups is 1. The quantitative estimate of drug-likeness (QED) is 0.349. The molecule has 7 rings (SSSR count). The van der Waals surface area contributed by atoms with Crippen molar-refractivity contribution in [1.29, 1.82) is 0 Å². The molecule has 3 atom stereocenters. The average Bonchev–Trinajstić information content (AvgIpc) is 3.19. The molecule has 13 heteroatoms. The summed E-state index contributed by atoms with van der Waals surface area (Å²) in [6.45, 7) is 0.428. The van der Waals surface area contributed by atoms with E-state index in [1.54, 1.807) is 11.0 Å². The van der Waals surface area contributed by atoms with Gasteiger partial charge in [0.15, 0.2) is 15.8 Å². The Morgan fingerprint density at radius 1 is 1.11 bits per heavy atom. The first kappa shape index (κ1) is 24.5. The molecule has 1 amide bonds. The van der Waals surface area contributed by atoms with Gasteiger partial charge in [-0.3, -0.25) is 4.79 Å². The van der Waals surface area contributed by atoms with Crippen molar-refractivity contribution in [2.45, 2.75) is 53.8 Å². The largest absolute Gasteiger partial charge is 0.416 e. The van der Waals surface area contributed by atoms with Crippen LogP contribution in [-0.4, -0.2) is 45.6 Å². The molecule has 6 nitrogen and oxygen atoms in total. The molecule has 5 heterocycles. The summed E-state index contributed by atoms with van der Waals surface area (Å²) in [7, 11) is 2.87. The van der Waals surface area contributed by atoms with Gasteiger partial charge in [0.25, 0.3) is 11.8 Å². The molecule has 0 aliphatic carbocycles. The highest BCUT2D eigenvalue weighted by molar-refractivity contribution is 8.80. The molecule has 0 bridgehead atoms. The number of amides is 1. The molecule has 3 fully saturated rings. The summed E-state index contributed by atoms with van der Waals surface area (Å²) in [6.07, 6.45) is -3.60. The van der Waals surface area contributed by atoms with E-state index in [-0.39, 0.29) is 36.7 Å². The Kier molecular flexibility index (Phi) is 5.02. The van der Waals surface area contributed by atoms with E-state index in [0.717, 1.165) is 12.1 Å². The van der Waals surface area contributed by atoms with Gasteiger partial charge in [-0.1, -0.05) is 27.7 Å². The molecule has 2 aromatic carbocycles. The smallest absolute Gasteiger partial charge is 0.369 e. The molecule has 3 saturated heterocycles. The average molecular weight is 569 g/mol. The first-order valence-corrected chi connectivity index (χ1v) is 14.3. The monoisotopic (exact) mass is 568 g/mol. The minimum atomic E-state index is -4.50. The topological polar surface area (TPSA) is 71.2 Å². The summed E-state index contributed by atoms with van der Waals surface area (Å²) in [5, 5.41) is 0. The second-order valence-corrected chi connectivity index (χ2v) is 12.7. The predicted octanol–water partition coefficient (Wildman–Crippen LogP) is 5.76. The van der Waals surface area contributed by atoms with Crippen LogP contribution in [0.5, 0.6) is 0 Å². The molecule has 0 unspecified atom stereocenters. The summed E-state index contributed by atoms with van der Waals surface area (Å²) in [5.74, 6) is -3.41. The van der Waals surface area contributed by atoms with E-state index in [1.165, 1.54) is 44.7 Å². The second kappa shape index (κ2) is 7.79. The van der Waals surface area contributed by atoms with Crippen LogP contribution in [0.25, 0.3) is 0 Å². The third kappa shape index (κ3) is 3.12. The molecular weight excluding hydrogens is 547 g/mol. The van der Waals surface area contributed by atoms with Gasteiger partial charge in [-0.15, -0.1) is 0 Å². The van der Waals surface area contributed by atoms with Crippen molar-refractivity contribution in [2.24, 2.45) is 10.7 Å². The second-order valence-electron chi connectivity index (χ2n) is 10.1. The molecule has 2 aromatic rings. The Hall–Kier alpha value is -2.51. The van der Waals surface area contributed by atoms with Crippen LogP contribution in [0, 0.1) is 0 Å². The predicted molar refractivity (Wildman–Crippen MR) is 133 cm³/mol. The van der Waals surface area contributed by atoms with Crippen molar-refractivity contribution in [3.05, 3.63) is 64.2 Å². The zero-order valence-corrected chi connectivity index (χ0v) is 21.4. The van der Waals surface area contributed by atoms with Gasteiger partial charge >= 0.3 is 6.18 Å². The van der Waals surface area contributed by atoms with Gasteiger partial charge in [0.1, 0.15) is 6.04 Å². The van der Waals surface area contributed by atoms with Gasteiger partial charge in [0.05, 0.1) is 17.9 Å². The summed E-state index contributed by atoms with van der Waals surface area (Å²) in [4.78, 5) is 19.6. The fourth-order valence-corrected chi connectivity index (χ4v) is 10.2. The van der Waals surface area contributed by atoms with Crippen LogP contribution in [0.15, 0.2) is 41.4 Å². The number of ether oxygens (including phenoxy) is 1.